The Balaban J connectivity index is 1.56. The summed E-state index contributed by atoms with van der Waals surface area (Å²) in [5, 5.41) is 12.4. The number of nitrogens with one attached hydrogen (secondary N) is 1. The van der Waals surface area contributed by atoms with Crippen LogP contribution in [0.15, 0.2) is 48.5 Å². The number of ether oxygens (including phenoxy) is 1. The molecule has 1 aliphatic heterocycles. The minimum Gasteiger partial charge on any atom is -0.457 e. The zero-order valence-corrected chi connectivity index (χ0v) is 13.2. The zero-order chi connectivity index (χ0) is 16.2. The predicted octanol–water partition coefficient (Wildman–Crippen LogP) is 3.59. The minimum atomic E-state index is -0.154. The van der Waals surface area contributed by atoms with Crippen molar-refractivity contribution in [1.82, 2.24) is 4.90 Å². The first kappa shape index (κ1) is 15.6. The number of amides is 2. The Morgan fingerprint density at radius 3 is 2.61 bits per heavy atom. The van der Waals surface area contributed by atoms with Gasteiger partial charge in [-0.15, -0.1) is 0 Å². The second-order valence-electron chi connectivity index (χ2n) is 5.47. The fourth-order valence-electron chi connectivity index (χ4n) is 2.33. The van der Waals surface area contributed by atoms with Crippen LogP contribution in [0.3, 0.4) is 0 Å². The van der Waals surface area contributed by atoms with E-state index in [0.717, 1.165) is 0 Å². The number of likely N-dealkylation sites (tertiary alicyclic amines) is 1. The van der Waals surface area contributed by atoms with Crippen molar-refractivity contribution in [2.24, 2.45) is 5.92 Å². The van der Waals surface area contributed by atoms with Crippen molar-refractivity contribution in [2.45, 2.75) is 0 Å². The Morgan fingerprint density at radius 1 is 1.22 bits per heavy atom. The highest BCUT2D eigenvalue weighted by molar-refractivity contribution is 6.30. The number of halogens is 1. The molecule has 1 aliphatic rings. The van der Waals surface area contributed by atoms with Gasteiger partial charge in [-0.25, -0.2) is 4.79 Å². The van der Waals surface area contributed by atoms with Gasteiger partial charge in [0.15, 0.2) is 0 Å². The van der Waals surface area contributed by atoms with Crippen molar-refractivity contribution in [2.75, 3.05) is 25.0 Å². The van der Waals surface area contributed by atoms with Crippen LogP contribution >= 0.6 is 11.6 Å². The van der Waals surface area contributed by atoms with Gasteiger partial charge < -0.3 is 20.1 Å². The van der Waals surface area contributed by atoms with Crippen LogP contribution in [0.4, 0.5) is 10.5 Å². The monoisotopic (exact) mass is 332 g/mol. The zero-order valence-electron chi connectivity index (χ0n) is 12.4. The average Bonchev–Trinajstić information content (AvgIpc) is 2.48. The number of carbonyl (C=O) groups is 1. The third-order valence-electron chi connectivity index (χ3n) is 3.64. The van der Waals surface area contributed by atoms with Crippen molar-refractivity contribution in [3.05, 3.63) is 53.6 Å². The van der Waals surface area contributed by atoms with Crippen molar-refractivity contribution in [3.63, 3.8) is 0 Å². The number of anilines is 1. The van der Waals surface area contributed by atoms with Crippen LogP contribution in [-0.2, 0) is 0 Å². The third-order valence-corrected chi connectivity index (χ3v) is 3.88. The van der Waals surface area contributed by atoms with E-state index in [9.17, 15) is 4.79 Å². The maximum atomic E-state index is 12.0. The second kappa shape index (κ2) is 6.89. The highest BCUT2D eigenvalue weighted by Crippen LogP contribution is 2.25. The summed E-state index contributed by atoms with van der Waals surface area (Å²) in [4.78, 5) is 13.6. The van der Waals surface area contributed by atoms with Gasteiger partial charge >= 0.3 is 6.03 Å². The van der Waals surface area contributed by atoms with Crippen LogP contribution in [0.5, 0.6) is 11.5 Å². The molecule has 2 aromatic rings. The minimum absolute atomic E-state index is 0.124. The Hall–Kier alpha value is -2.24. The van der Waals surface area contributed by atoms with Crippen LogP contribution in [0.2, 0.25) is 5.02 Å². The number of urea groups is 1. The first-order chi connectivity index (χ1) is 11.1. The average molecular weight is 333 g/mol. The molecule has 0 radical (unpaired) electrons. The molecule has 0 spiro atoms. The van der Waals surface area contributed by atoms with Crippen molar-refractivity contribution >= 4 is 23.3 Å². The molecule has 2 N–H and O–H groups in total. The van der Waals surface area contributed by atoms with Gasteiger partial charge in [-0.1, -0.05) is 17.7 Å². The van der Waals surface area contributed by atoms with Crippen LogP contribution < -0.4 is 10.1 Å². The van der Waals surface area contributed by atoms with Gasteiger partial charge in [-0.2, -0.15) is 0 Å². The van der Waals surface area contributed by atoms with E-state index in [0.29, 0.717) is 35.3 Å². The smallest absolute Gasteiger partial charge is 0.321 e. The lowest BCUT2D eigenvalue weighted by Crippen LogP contribution is -2.52. The standard InChI is InChI=1S/C17H17ClN2O3/c18-13-2-1-3-16(8-13)23-15-6-4-14(5-7-15)19-17(22)20-9-12(10-20)11-21/h1-8,12,21H,9-11H2,(H,19,22). The van der Waals surface area contributed by atoms with Crippen LogP contribution in [0, 0.1) is 5.92 Å². The molecule has 1 fully saturated rings. The quantitative estimate of drug-likeness (QED) is 0.899. The molecule has 0 atom stereocenters. The number of aliphatic hydroxyl groups is 1. The fourth-order valence-corrected chi connectivity index (χ4v) is 2.51. The number of nitrogens with zero attached hydrogens (tertiary/aromatic N) is 1. The highest BCUT2D eigenvalue weighted by Gasteiger charge is 2.29. The number of carbonyl (C=O) groups excluding carboxylic acids is 1. The van der Waals surface area contributed by atoms with E-state index in [4.69, 9.17) is 21.4 Å². The fraction of sp³-hybridized carbons (Fsp3) is 0.235. The van der Waals surface area contributed by atoms with Gasteiger partial charge in [-0.3, -0.25) is 0 Å². The first-order valence-corrected chi connectivity index (χ1v) is 7.72. The Morgan fingerprint density at radius 2 is 1.96 bits per heavy atom. The number of aliphatic hydroxyl groups excluding tert-OH is 1. The van der Waals surface area contributed by atoms with E-state index in [1.54, 1.807) is 41.3 Å². The summed E-state index contributed by atoms with van der Waals surface area (Å²) in [7, 11) is 0. The molecule has 2 aromatic carbocycles. The summed E-state index contributed by atoms with van der Waals surface area (Å²) in [6.07, 6.45) is 0. The van der Waals surface area contributed by atoms with E-state index in [1.165, 1.54) is 0 Å². The topological polar surface area (TPSA) is 61.8 Å². The Kier molecular flexibility index (Phi) is 4.69. The molecule has 0 bridgehead atoms. The largest absolute Gasteiger partial charge is 0.457 e. The molecule has 6 heteroatoms. The lowest BCUT2D eigenvalue weighted by molar-refractivity contribution is 0.0838. The highest BCUT2D eigenvalue weighted by atomic mass is 35.5. The van der Waals surface area contributed by atoms with Crippen molar-refractivity contribution < 1.29 is 14.6 Å². The molecular formula is C17H17ClN2O3. The van der Waals surface area contributed by atoms with Gasteiger partial charge in [0.2, 0.25) is 0 Å². The summed E-state index contributed by atoms with van der Waals surface area (Å²) < 4.78 is 5.69. The third kappa shape index (κ3) is 3.94. The van der Waals surface area contributed by atoms with Gasteiger partial charge in [0.25, 0.3) is 0 Å². The lowest BCUT2D eigenvalue weighted by atomic mass is 10.0. The summed E-state index contributed by atoms with van der Waals surface area (Å²) in [6.45, 7) is 1.32. The molecule has 0 aromatic heterocycles. The lowest BCUT2D eigenvalue weighted by Gasteiger charge is -2.38. The number of hydrogen-bond donors (Lipinski definition) is 2. The van der Waals surface area contributed by atoms with Gasteiger partial charge in [0.1, 0.15) is 11.5 Å². The maximum Gasteiger partial charge on any atom is 0.321 e. The molecule has 0 saturated carbocycles. The summed E-state index contributed by atoms with van der Waals surface area (Å²) in [5.41, 5.74) is 0.695. The van der Waals surface area contributed by atoms with E-state index in [1.807, 2.05) is 12.1 Å². The predicted molar refractivity (Wildman–Crippen MR) is 89.1 cm³/mol. The molecule has 0 unspecified atom stereocenters. The molecule has 23 heavy (non-hydrogen) atoms. The first-order valence-electron chi connectivity index (χ1n) is 7.34. The van der Waals surface area contributed by atoms with E-state index in [-0.39, 0.29) is 18.6 Å². The summed E-state index contributed by atoms with van der Waals surface area (Å²) >= 11 is 5.92. The molecule has 2 amide bonds. The maximum absolute atomic E-state index is 12.0. The van der Waals surface area contributed by atoms with Crippen LogP contribution in [-0.4, -0.2) is 35.7 Å². The normalized spacial score (nSPS) is 14.3. The van der Waals surface area contributed by atoms with Crippen molar-refractivity contribution in [1.29, 1.82) is 0 Å². The summed E-state index contributed by atoms with van der Waals surface area (Å²) in [6, 6.07) is 14.1. The molecule has 1 saturated heterocycles. The number of hydrogen-bond acceptors (Lipinski definition) is 3. The van der Waals surface area contributed by atoms with Crippen molar-refractivity contribution in [3.8, 4) is 11.5 Å². The SMILES string of the molecule is O=C(Nc1ccc(Oc2cccc(Cl)c2)cc1)N1CC(CO)C1. The Labute approximate surface area is 139 Å². The molecule has 0 aliphatic carbocycles. The van der Waals surface area contributed by atoms with Gasteiger partial charge in [0, 0.05) is 36.3 Å². The van der Waals surface area contributed by atoms with Gasteiger partial charge in [-0.05, 0) is 42.5 Å². The summed E-state index contributed by atoms with van der Waals surface area (Å²) in [5.74, 6) is 1.52. The molecule has 5 nitrogen and oxygen atoms in total. The number of benzene rings is 2. The number of rotatable bonds is 4. The second-order valence-corrected chi connectivity index (χ2v) is 5.90. The molecule has 3 rings (SSSR count). The van der Waals surface area contributed by atoms with Crippen LogP contribution in [0.1, 0.15) is 0 Å². The molecule has 120 valence electrons. The Bertz CT molecular complexity index is 684. The van der Waals surface area contributed by atoms with E-state index in [2.05, 4.69) is 5.32 Å². The molecular weight excluding hydrogens is 316 g/mol. The van der Waals surface area contributed by atoms with E-state index < -0.39 is 0 Å². The van der Waals surface area contributed by atoms with Crippen LogP contribution in [0.25, 0.3) is 0 Å². The van der Waals surface area contributed by atoms with E-state index >= 15 is 0 Å². The van der Waals surface area contributed by atoms with Gasteiger partial charge in [0.05, 0.1) is 0 Å². The molecule has 1 heterocycles.